The first-order chi connectivity index (χ1) is 13.9. The number of amidine groups is 2. The molecule has 1 aromatic rings. The van der Waals surface area contributed by atoms with E-state index in [4.69, 9.17) is 4.99 Å². The molecule has 29 heavy (non-hydrogen) atoms. The molecule has 154 valence electrons. The monoisotopic (exact) mass is 400 g/mol. The highest BCUT2D eigenvalue weighted by Gasteiger charge is 2.53. The molecule has 2 saturated heterocycles. The molecule has 4 rings (SSSR count). The van der Waals surface area contributed by atoms with Crippen molar-refractivity contribution < 1.29 is 18.6 Å². The molecule has 0 spiro atoms. The van der Waals surface area contributed by atoms with Crippen molar-refractivity contribution in [1.82, 2.24) is 14.7 Å². The van der Waals surface area contributed by atoms with E-state index in [2.05, 4.69) is 11.8 Å². The van der Waals surface area contributed by atoms with Crippen LogP contribution in [-0.4, -0.2) is 82.2 Å². The molecular formula is C21H27FN5O2+. The Balaban J connectivity index is 1.71. The van der Waals surface area contributed by atoms with Crippen LogP contribution in [0.25, 0.3) is 0 Å². The summed E-state index contributed by atoms with van der Waals surface area (Å²) in [5, 5.41) is 0. The van der Waals surface area contributed by atoms with Gasteiger partial charge in [0.1, 0.15) is 18.9 Å². The number of carbonyl (C=O) groups is 2. The van der Waals surface area contributed by atoms with Gasteiger partial charge < -0.3 is 0 Å². The van der Waals surface area contributed by atoms with Crippen molar-refractivity contribution in [2.75, 3.05) is 27.2 Å². The largest absolute Gasteiger partial charge is 0.333 e. The number of carbonyl (C=O) groups excluding carboxylic acids is 2. The van der Waals surface area contributed by atoms with Gasteiger partial charge in [-0.05, 0) is 49.0 Å². The molecule has 3 aliphatic heterocycles. The number of fused-ring (bicyclic) bond motifs is 1. The molecule has 0 aliphatic carbocycles. The van der Waals surface area contributed by atoms with E-state index < -0.39 is 6.04 Å². The number of likely N-dealkylation sites (N-methyl/N-ethyl adjacent to an activating group) is 2. The summed E-state index contributed by atoms with van der Waals surface area (Å²) in [7, 11) is 3.15. The maximum Gasteiger partial charge on any atom is 0.333 e. The zero-order valence-electron chi connectivity index (χ0n) is 17.1. The second-order valence-corrected chi connectivity index (χ2v) is 8.10. The van der Waals surface area contributed by atoms with Crippen molar-refractivity contribution in [2.24, 2.45) is 4.99 Å². The van der Waals surface area contributed by atoms with Gasteiger partial charge in [0.2, 0.25) is 0 Å². The molecule has 2 atom stereocenters. The van der Waals surface area contributed by atoms with Gasteiger partial charge in [-0.3, -0.25) is 19.5 Å². The second-order valence-electron chi connectivity index (χ2n) is 8.10. The third-order valence-corrected chi connectivity index (χ3v) is 6.16. The Morgan fingerprint density at radius 1 is 1.14 bits per heavy atom. The van der Waals surface area contributed by atoms with Crippen LogP contribution in [0.15, 0.2) is 29.3 Å². The van der Waals surface area contributed by atoms with E-state index >= 15 is 0 Å². The number of hydrogen-bond donors (Lipinski definition) is 0. The summed E-state index contributed by atoms with van der Waals surface area (Å²) in [6.07, 6.45) is 3.52. The number of hydrogen-bond acceptors (Lipinski definition) is 4. The van der Waals surface area contributed by atoms with Crippen LogP contribution in [0, 0.1) is 5.82 Å². The fourth-order valence-corrected chi connectivity index (χ4v) is 4.32. The molecular weight excluding hydrogens is 373 g/mol. The summed E-state index contributed by atoms with van der Waals surface area (Å²) in [6, 6.07) is 5.72. The van der Waals surface area contributed by atoms with Gasteiger partial charge in [0.25, 0.3) is 17.8 Å². The first-order valence-electron chi connectivity index (χ1n) is 10.1. The van der Waals surface area contributed by atoms with Gasteiger partial charge in [0.15, 0.2) is 0 Å². The van der Waals surface area contributed by atoms with E-state index in [0.29, 0.717) is 25.0 Å². The number of urea groups is 1. The Bertz CT molecular complexity index is 895. The van der Waals surface area contributed by atoms with Gasteiger partial charge >= 0.3 is 11.9 Å². The van der Waals surface area contributed by atoms with Crippen LogP contribution >= 0.6 is 0 Å². The van der Waals surface area contributed by atoms with Crippen LogP contribution < -0.4 is 0 Å². The van der Waals surface area contributed by atoms with E-state index in [1.54, 1.807) is 19.2 Å². The van der Waals surface area contributed by atoms with Gasteiger partial charge in [0, 0.05) is 20.1 Å². The number of amides is 3. The fraction of sp³-hybridized carbons (Fsp3) is 0.524. The quantitative estimate of drug-likeness (QED) is 0.726. The topological polar surface area (TPSA) is 59.2 Å². The maximum absolute atomic E-state index is 13.4. The SMILES string of the molecule is CC1CCCCN1CC1=[N+](Cc2ccc(F)cc2)C2C(=O)N(C)C(=O)N(C)C2=N1. The lowest BCUT2D eigenvalue weighted by Crippen LogP contribution is -2.61. The van der Waals surface area contributed by atoms with Crippen molar-refractivity contribution in [2.45, 2.75) is 44.8 Å². The Kier molecular flexibility index (Phi) is 5.21. The zero-order valence-corrected chi connectivity index (χ0v) is 17.1. The van der Waals surface area contributed by atoms with Crippen molar-refractivity contribution in [3.8, 4) is 0 Å². The Hall–Kier alpha value is -2.61. The number of halogens is 1. The van der Waals surface area contributed by atoms with E-state index in [-0.39, 0.29) is 17.8 Å². The smallest absolute Gasteiger partial charge is 0.289 e. The summed E-state index contributed by atoms with van der Waals surface area (Å²) in [5.41, 5.74) is 0.891. The lowest BCUT2D eigenvalue weighted by atomic mass is 10.0. The summed E-state index contributed by atoms with van der Waals surface area (Å²) in [6.45, 7) is 4.26. The van der Waals surface area contributed by atoms with Gasteiger partial charge in [-0.15, -0.1) is 0 Å². The minimum Gasteiger partial charge on any atom is -0.289 e. The minimum atomic E-state index is -0.636. The molecule has 3 amide bonds. The highest BCUT2D eigenvalue weighted by molar-refractivity contribution is 6.23. The average molecular weight is 400 g/mol. The van der Waals surface area contributed by atoms with Gasteiger partial charge in [-0.25, -0.2) is 13.8 Å². The van der Waals surface area contributed by atoms with Crippen LogP contribution in [0.1, 0.15) is 31.7 Å². The van der Waals surface area contributed by atoms with Gasteiger partial charge in [-0.1, -0.05) is 18.6 Å². The molecule has 2 unspecified atom stereocenters. The Labute approximate surface area is 170 Å². The van der Waals surface area contributed by atoms with Crippen molar-refractivity contribution in [1.29, 1.82) is 0 Å². The van der Waals surface area contributed by atoms with Gasteiger partial charge in [0.05, 0.1) is 0 Å². The summed E-state index contributed by atoms with van der Waals surface area (Å²) >= 11 is 0. The van der Waals surface area contributed by atoms with E-state index in [1.807, 2.05) is 4.58 Å². The average Bonchev–Trinajstić information content (AvgIpc) is 3.06. The highest BCUT2D eigenvalue weighted by Crippen LogP contribution is 2.23. The lowest BCUT2D eigenvalue weighted by molar-refractivity contribution is -0.552. The molecule has 7 nitrogen and oxygen atoms in total. The second kappa shape index (κ2) is 7.67. The molecule has 0 bridgehead atoms. The minimum absolute atomic E-state index is 0.282. The molecule has 1 aromatic carbocycles. The standard InChI is InChI=1S/C21H27FN5O2/c1-14-6-4-5-11-26(14)13-17-23-19-18(20(28)25(3)21(29)24(19)2)27(17)12-15-7-9-16(22)10-8-15/h7-10,14,18H,4-6,11-13H2,1-3H3/q+1. The summed E-state index contributed by atoms with van der Waals surface area (Å²) in [4.78, 5) is 35.1. The first-order valence-corrected chi connectivity index (χ1v) is 10.1. The molecule has 0 N–H and O–H groups in total. The van der Waals surface area contributed by atoms with E-state index in [0.717, 1.165) is 35.7 Å². The predicted octanol–water partition coefficient (Wildman–Crippen LogP) is 1.92. The Morgan fingerprint density at radius 3 is 2.55 bits per heavy atom. The number of nitrogens with zero attached hydrogens (tertiary/aromatic N) is 5. The third-order valence-electron chi connectivity index (χ3n) is 6.16. The third kappa shape index (κ3) is 3.57. The lowest BCUT2D eigenvalue weighted by Gasteiger charge is -2.32. The van der Waals surface area contributed by atoms with Crippen LogP contribution in [0.2, 0.25) is 0 Å². The van der Waals surface area contributed by atoms with Crippen LogP contribution in [0.5, 0.6) is 0 Å². The molecule has 3 heterocycles. The maximum atomic E-state index is 13.4. The molecule has 2 fully saturated rings. The highest BCUT2D eigenvalue weighted by atomic mass is 19.1. The van der Waals surface area contributed by atoms with Crippen LogP contribution in [-0.2, 0) is 11.3 Å². The molecule has 8 heteroatoms. The molecule has 3 aliphatic rings. The van der Waals surface area contributed by atoms with Crippen LogP contribution in [0.4, 0.5) is 9.18 Å². The molecule has 0 saturated carbocycles. The van der Waals surface area contributed by atoms with Crippen molar-refractivity contribution in [3.63, 3.8) is 0 Å². The fourth-order valence-electron chi connectivity index (χ4n) is 4.32. The first kappa shape index (κ1) is 19.7. The Morgan fingerprint density at radius 2 is 1.86 bits per heavy atom. The number of piperidine rings is 1. The normalized spacial score (nSPS) is 25.6. The summed E-state index contributed by atoms with van der Waals surface area (Å²) in [5.74, 6) is 0.680. The van der Waals surface area contributed by atoms with Crippen molar-refractivity contribution in [3.05, 3.63) is 35.6 Å². The zero-order chi connectivity index (χ0) is 20.7. The number of aliphatic imine (C=N–C) groups is 1. The number of likely N-dealkylation sites (tertiary alicyclic amines) is 1. The van der Waals surface area contributed by atoms with Crippen molar-refractivity contribution >= 4 is 23.6 Å². The van der Waals surface area contributed by atoms with Crippen LogP contribution in [0.3, 0.4) is 0 Å². The van der Waals surface area contributed by atoms with E-state index in [9.17, 15) is 14.0 Å². The molecule has 0 radical (unpaired) electrons. The summed E-state index contributed by atoms with van der Waals surface area (Å²) < 4.78 is 15.3. The number of benzene rings is 1. The number of rotatable bonds is 4. The van der Waals surface area contributed by atoms with E-state index in [1.165, 1.54) is 30.5 Å². The number of imide groups is 1. The predicted molar refractivity (Wildman–Crippen MR) is 107 cm³/mol. The molecule has 0 aromatic heterocycles. The van der Waals surface area contributed by atoms with Gasteiger partial charge in [-0.2, -0.15) is 0 Å².